The molecule has 0 amide bonds. The summed E-state index contributed by atoms with van der Waals surface area (Å²) < 4.78 is 11.4. The van der Waals surface area contributed by atoms with E-state index in [2.05, 4.69) is 139 Å². The topological polar surface area (TPSA) is 18.5 Å². The maximum absolute atomic E-state index is 6.02. The van der Waals surface area contributed by atoms with Gasteiger partial charge < -0.3 is 9.47 Å². The van der Waals surface area contributed by atoms with Gasteiger partial charge in [0.05, 0.1) is 26.9 Å². The van der Waals surface area contributed by atoms with Crippen LogP contribution in [0.25, 0.3) is 33.5 Å². The van der Waals surface area contributed by atoms with Crippen LogP contribution in [0.2, 0.25) is 13.1 Å². The molecule has 0 radical (unpaired) electrons. The molecule has 0 aliphatic heterocycles. The van der Waals surface area contributed by atoms with Gasteiger partial charge in [-0.2, -0.15) is 0 Å². The van der Waals surface area contributed by atoms with E-state index in [-0.39, 0.29) is 5.60 Å². The Kier molecular flexibility index (Phi) is 8.17. The molecule has 226 valence electrons. The van der Waals surface area contributed by atoms with Crippen LogP contribution in [0.5, 0.6) is 0 Å². The molecule has 2 nitrogen and oxygen atoms in total. The quantitative estimate of drug-likeness (QED) is 0.188. The molecule has 4 aromatic rings. The van der Waals surface area contributed by atoms with Gasteiger partial charge in [0.15, 0.2) is 0 Å². The average Bonchev–Trinajstić information content (AvgIpc) is 3.52. The fourth-order valence-electron chi connectivity index (χ4n) is 7.70. The molecule has 2 aliphatic carbocycles. The van der Waals surface area contributed by atoms with Crippen molar-refractivity contribution in [3.8, 4) is 22.3 Å². The fraction of sp³-hybridized carbons (Fsp3) is 0.317. The van der Waals surface area contributed by atoms with Gasteiger partial charge in [0.1, 0.15) is 0 Å². The lowest BCUT2D eigenvalue weighted by molar-refractivity contribution is -0.0149. The molecule has 0 fully saturated rings. The zero-order chi connectivity index (χ0) is 31.2. The van der Waals surface area contributed by atoms with Crippen molar-refractivity contribution in [1.29, 1.82) is 0 Å². The number of allylic oxidation sites excluding steroid dienone is 2. The lowest BCUT2D eigenvalue weighted by atomic mass is 9.95. The Bertz CT molecular complexity index is 1750. The van der Waals surface area contributed by atoms with Gasteiger partial charge in [-0.1, -0.05) is 120 Å². The van der Waals surface area contributed by atoms with E-state index in [0.29, 0.717) is 18.8 Å². The summed E-state index contributed by atoms with van der Waals surface area (Å²) in [6.07, 6.45) is 3.51. The highest BCUT2D eigenvalue weighted by Gasteiger charge is 2.44. The Morgan fingerprint density at radius 1 is 0.727 bits per heavy atom. The smallest absolute Gasteiger partial charge is 0.0930 e. The Balaban J connectivity index is 1.33. The standard InChI is InChI=1S/C41H46O2Si/c1-27-23-37-33(31-19-15-29(16-20-31)25-42-6)11-9-13-35(37)39(27)44(7,8)40-28(2)24-38-34(12-10-14-36(38)40)32-21-17-30(18-22-32)26-43-41(3,4)5/h9-22,24,40H,23,25-26H2,1-8H3. The molecule has 6 rings (SSSR count). The summed E-state index contributed by atoms with van der Waals surface area (Å²) >= 11 is 0. The van der Waals surface area contributed by atoms with Crippen molar-refractivity contribution in [2.75, 3.05) is 7.11 Å². The summed E-state index contributed by atoms with van der Waals surface area (Å²) in [6, 6.07) is 31.8. The first-order chi connectivity index (χ1) is 21.0. The van der Waals surface area contributed by atoms with Gasteiger partial charge in [-0.3, -0.25) is 0 Å². The van der Waals surface area contributed by atoms with E-state index in [4.69, 9.17) is 9.47 Å². The number of hydrogen-bond acceptors (Lipinski definition) is 2. The lowest BCUT2D eigenvalue weighted by Crippen LogP contribution is -2.37. The van der Waals surface area contributed by atoms with E-state index in [9.17, 15) is 0 Å². The minimum absolute atomic E-state index is 0.141. The largest absolute Gasteiger partial charge is 0.380 e. The van der Waals surface area contributed by atoms with E-state index in [0.717, 1.165) is 6.42 Å². The van der Waals surface area contributed by atoms with Crippen molar-refractivity contribution in [3.05, 3.63) is 129 Å². The van der Waals surface area contributed by atoms with Gasteiger partial charge in [0, 0.05) is 12.7 Å². The number of rotatable bonds is 8. The zero-order valence-electron chi connectivity index (χ0n) is 27.7. The van der Waals surface area contributed by atoms with E-state index >= 15 is 0 Å². The molecule has 3 heteroatoms. The summed E-state index contributed by atoms with van der Waals surface area (Å²) in [4.78, 5) is 0. The second-order valence-electron chi connectivity index (χ2n) is 14.2. The first-order valence-electron chi connectivity index (χ1n) is 15.9. The number of ether oxygens (including phenoxy) is 2. The third kappa shape index (κ3) is 5.69. The van der Waals surface area contributed by atoms with Crippen LogP contribution in [0.3, 0.4) is 0 Å². The van der Waals surface area contributed by atoms with E-state index in [1.807, 2.05) is 0 Å². The van der Waals surface area contributed by atoms with Crippen LogP contribution in [0.15, 0.2) is 96.1 Å². The molecule has 4 aromatic carbocycles. The van der Waals surface area contributed by atoms with Gasteiger partial charge in [0.2, 0.25) is 0 Å². The molecule has 0 saturated heterocycles. The fourth-order valence-corrected chi connectivity index (χ4v) is 12.4. The molecule has 2 aliphatic rings. The third-order valence-corrected chi connectivity index (χ3v) is 13.7. The first kappa shape index (κ1) is 30.5. The molecule has 0 heterocycles. The highest BCUT2D eigenvalue weighted by molar-refractivity contribution is 6.96. The van der Waals surface area contributed by atoms with Gasteiger partial charge >= 0.3 is 0 Å². The van der Waals surface area contributed by atoms with Crippen molar-refractivity contribution in [2.45, 2.75) is 78.5 Å². The van der Waals surface area contributed by atoms with Crippen molar-refractivity contribution in [1.82, 2.24) is 0 Å². The predicted octanol–water partition coefficient (Wildman–Crippen LogP) is 10.8. The molecule has 0 bridgehead atoms. The van der Waals surface area contributed by atoms with E-state index < -0.39 is 8.07 Å². The van der Waals surface area contributed by atoms with Crippen LogP contribution in [-0.2, 0) is 29.1 Å². The summed E-state index contributed by atoms with van der Waals surface area (Å²) in [5.41, 5.74) is 16.9. The van der Waals surface area contributed by atoms with Gasteiger partial charge in [-0.05, 0) is 96.7 Å². The zero-order valence-corrected chi connectivity index (χ0v) is 28.7. The van der Waals surface area contributed by atoms with Gasteiger partial charge in [0.25, 0.3) is 0 Å². The second kappa shape index (κ2) is 11.8. The Morgan fingerprint density at radius 3 is 1.93 bits per heavy atom. The first-order valence-corrected chi connectivity index (χ1v) is 19.0. The molecule has 1 atom stereocenters. The SMILES string of the molecule is COCc1ccc(-c2cccc3c2CC(C)=C3[Si](C)(C)C2C(C)=Cc3c(-c4ccc(COC(C)(C)C)cc4)cccc32)cc1. The molecule has 0 saturated carbocycles. The normalized spacial score (nSPS) is 16.3. The highest BCUT2D eigenvalue weighted by Crippen LogP contribution is 2.52. The van der Waals surface area contributed by atoms with Crippen LogP contribution in [0, 0.1) is 0 Å². The molecule has 0 N–H and O–H groups in total. The second-order valence-corrected chi connectivity index (χ2v) is 18.8. The third-order valence-electron chi connectivity index (χ3n) is 9.47. The van der Waals surface area contributed by atoms with Crippen molar-refractivity contribution in [2.24, 2.45) is 0 Å². The van der Waals surface area contributed by atoms with Crippen LogP contribution in [0.4, 0.5) is 0 Å². The van der Waals surface area contributed by atoms with E-state index in [1.165, 1.54) is 61.2 Å². The lowest BCUT2D eigenvalue weighted by Gasteiger charge is -2.35. The molecule has 1 unspecified atom stereocenters. The summed E-state index contributed by atoms with van der Waals surface area (Å²) in [7, 11) is -0.241. The minimum Gasteiger partial charge on any atom is -0.380 e. The highest BCUT2D eigenvalue weighted by atomic mass is 28.3. The van der Waals surface area contributed by atoms with Crippen LogP contribution >= 0.6 is 0 Å². The van der Waals surface area contributed by atoms with Crippen molar-refractivity contribution < 1.29 is 9.47 Å². The van der Waals surface area contributed by atoms with Crippen molar-refractivity contribution in [3.63, 3.8) is 0 Å². The number of hydrogen-bond donors (Lipinski definition) is 0. The van der Waals surface area contributed by atoms with Crippen LogP contribution in [0.1, 0.15) is 73.5 Å². The van der Waals surface area contributed by atoms with Gasteiger partial charge in [-0.15, -0.1) is 0 Å². The Labute approximate surface area is 265 Å². The molecular weight excluding hydrogens is 553 g/mol. The van der Waals surface area contributed by atoms with Crippen LogP contribution < -0.4 is 0 Å². The molecular formula is C41H46O2Si. The van der Waals surface area contributed by atoms with Crippen LogP contribution in [-0.4, -0.2) is 20.8 Å². The monoisotopic (exact) mass is 598 g/mol. The number of methoxy groups -OCH3 is 1. The maximum atomic E-state index is 6.02. The summed E-state index contributed by atoms with van der Waals surface area (Å²) in [5.74, 6) is 0. The Hall–Kier alpha value is -3.50. The predicted molar refractivity (Wildman–Crippen MR) is 189 cm³/mol. The summed E-state index contributed by atoms with van der Waals surface area (Å²) in [6.45, 7) is 17.5. The molecule has 44 heavy (non-hydrogen) atoms. The van der Waals surface area contributed by atoms with E-state index in [1.54, 1.807) is 17.9 Å². The molecule has 0 aromatic heterocycles. The maximum Gasteiger partial charge on any atom is 0.0930 e. The average molecular weight is 599 g/mol. The Morgan fingerprint density at radius 2 is 1.30 bits per heavy atom. The number of fused-ring (bicyclic) bond motifs is 2. The number of benzene rings is 4. The minimum atomic E-state index is -1.99. The van der Waals surface area contributed by atoms with Crippen molar-refractivity contribution >= 4 is 19.3 Å². The van der Waals surface area contributed by atoms with Gasteiger partial charge in [-0.25, -0.2) is 0 Å². The summed E-state index contributed by atoms with van der Waals surface area (Å²) in [5, 5.41) is 1.64. The molecule has 0 spiro atoms.